The van der Waals surface area contributed by atoms with Gasteiger partial charge >= 0.3 is 5.97 Å². The highest BCUT2D eigenvalue weighted by atomic mass is 16.5. The van der Waals surface area contributed by atoms with Gasteiger partial charge in [-0.25, -0.2) is 4.79 Å². The molecule has 1 aromatic heterocycles. The van der Waals surface area contributed by atoms with Crippen LogP contribution in [0.2, 0.25) is 0 Å². The van der Waals surface area contributed by atoms with E-state index in [1.807, 2.05) is 24.3 Å². The minimum absolute atomic E-state index is 0.148. The molecule has 0 atom stereocenters. The van der Waals surface area contributed by atoms with E-state index >= 15 is 0 Å². The second kappa shape index (κ2) is 6.08. The average molecular weight is 312 g/mol. The number of rotatable bonds is 4. The lowest BCUT2D eigenvalue weighted by atomic mass is 10.2. The summed E-state index contributed by atoms with van der Waals surface area (Å²) in [4.78, 5) is 39.7. The number of Topliss-reactive ketones (excluding diaryl/α,β-unsaturated/α-hetero) is 1. The molecule has 0 saturated carbocycles. The van der Waals surface area contributed by atoms with Gasteiger partial charge in [-0.1, -0.05) is 18.2 Å². The number of nitrogens with zero attached hydrogens (tertiary/aromatic N) is 1. The van der Waals surface area contributed by atoms with Gasteiger partial charge in [0.05, 0.1) is 0 Å². The number of para-hydroxylation sites is 1. The van der Waals surface area contributed by atoms with Crippen LogP contribution in [0.25, 0.3) is 0 Å². The smallest absolute Gasteiger partial charge is 0.355 e. The predicted octanol–water partition coefficient (Wildman–Crippen LogP) is 1.96. The molecule has 6 nitrogen and oxygen atoms in total. The van der Waals surface area contributed by atoms with E-state index in [0.717, 1.165) is 17.7 Å². The summed E-state index contributed by atoms with van der Waals surface area (Å²) in [5.41, 5.74) is 2.54. The molecule has 0 spiro atoms. The number of hydrogen-bond acceptors (Lipinski definition) is 4. The van der Waals surface area contributed by atoms with Gasteiger partial charge in [0.25, 0.3) is 5.91 Å². The molecule has 1 amide bonds. The number of anilines is 1. The molecule has 0 aliphatic carbocycles. The average Bonchev–Trinajstić information content (AvgIpc) is 3.19. The van der Waals surface area contributed by atoms with Crippen LogP contribution in [0.5, 0.6) is 0 Å². The van der Waals surface area contributed by atoms with Crippen LogP contribution in [0.15, 0.2) is 36.5 Å². The lowest BCUT2D eigenvalue weighted by Gasteiger charge is -2.16. The van der Waals surface area contributed by atoms with Crippen molar-refractivity contribution in [2.45, 2.75) is 13.3 Å². The van der Waals surface area contributed by atoms with Gasteiger partial charge in [-0.3, -0.25) is 9.59 Å². The summed E-state index contributed by atoms with van der Waals surface area (Å²) in [5.74, 6) is -1.06. The molecule has 3 rings (SSSR count). The third kappa shape index (κ3) is 3.01. The number of amides is 1. The Morgan fingerprint density at radius 3 is 2.78 bits per heavy atom. The monoisotopic (exact) mass is 312 g/mol. The van der Waals surface area contributed by atoms with Crippen molar-refractivity contribution in [3.63, 3.8) is 0 Å². The van der Waals surface area contributed by atoms with Gasteiger partial charge in [-0.05, 0) is 31.0 Å². The van der Waals surface area contributed by atoms with Gasteiger partial charge in [0.1, 0.15) is 5.69 Å². The molecule has 1 N–H and O–H groups in total. The topological polar surface area (TPSA) is 79.5 Å². The zero-order valence-corrected chi connectivity index (χ0v) is 12.7. The fraction of sp³-hybridized carbons (Fsp3) is 0.235. The van der Waals surface area contributed by atoms with Crippen molar-refractivity contribution < 1.29 is 19.1 Å². The van der Waals surface area contributed by atoms with E-state index in [1.165, 1.54) is 19.2 Å². The number of hydrogen-bond donors (Lipinski definition) is 1. The highest BCUT2D eigenvalue weighted by Crippen LogP contribution is 2.27. The Kier molecular flexibility index (Phi) is 3.97. The number of esters is 1. The third-order valence-corrected chi connectivity index (χ3v) is 3.82. The molecule has 1 aliphatic rings. The zero-order chi connectivity index (χ0) is 16.4. The number of H-pyrrole nitrogens is 1. The van der Waals surface area contributed by atoms with Crippen molar-refractivity contribution >= 4 is 23.3 Å². The van der Waals surface area contributed by atoms with Gasteiger partial charge in [-0.15, -0.1) is 0 Å². The summed E-state index contributed by atoms with van der Waals surface area (Å²) >= 11 is 0. The first-order valence-corrected chi connectivity index (χ1v) is 7.31. The Morgan fingerprint density at radius 2 is 2.04 bits per heavy atom. The maximum atomic E-state index is 12.2. The fourth-order valence-corrected chi connectivity index (χ4v) is 2.60. The molecule has 1 aromatic carbocycles. The van der Waals surface area contributed by atoms with Crippen LogP contribution in [0.4, 0.5) is 5.69 Å². The first-order chi connectivity index (χ1) is 11.1. The number of aromatic amines is 1. The number of ketones is 1. The normalized spacial score (nSPS) is 12.8. The van der Waals surface area contributed by atoms with Crippen LogP contribution in [0.3, 0.4) is 0 Å². The van der Waals surface area contributed by atoms with Crippen molar-refractivity contribution in [2.75, 3.05) is 18.1 Å². The summed E-state index contributed by atoms with van der Waals surface area (Å²) in [6.07, 6.45) is 2.24. The summed E-state index contributed by atoms with van der Waals surface area (Å²) in [6.45, 7) is 1.67. The molecule has 1 aliphatic heterocycles. The highest BCUT2D eigenvalue weighted by molar-refractivity contribution is 5.99. The molecule has 0 fully saturated rings. The molecule has 0 radical (unpaired) electrons. The van der Waals surface area contributed by atoms with E-state index in [1.54, 1.807) is 4.90 Å². The fourth-order valence-electron chi connectivity index (χ4n) is 2.60. The minimum atomic E-state index is -0.654. The van der Waals surface area contributed by atoms with Crippen molar-refractivity contribution in [2.24, 2.45) is 0 Å². The molecule has 23 heavy (non-hydrogen) atoms. The number of benzene rings is 1. The zero-order valence-electron chi connectivity index (χ0n) is 12.7. The molecule has 6 heteroatoms. The van der Waals surface area contributed by atoms with E-state index in [-0.39, 0.29) is 24.0 Å². The standard InChI is InChI=1S/C17H16N2O4/c1-11(20)13-8-14(18-9-13)17(22)23-10-16(21)19-7-6-12-4-2-3-5-15(12)19/h2-5,8-9,18H,6-7,10H2,1H3. The molecule has 2 heterocycles. The Morgan fingerprint density at radius 1 is 1.26 bits per heavy atom. The number of fused-ring (bicyclic) bond motifs is 1. The number of carbonyl (C=O) groups excluding carboxylic acids is 3. The Bertz CT molecular complexity index is 778. The largest absolute Gasteiger partial charge is 0.451 e. The van der Waals surface area contributed by atoms with E-state index in [0.29, 0.717) is 12.1 Å². The number of ether oxygens (including phenoxy) is 1. The maximum Gasteiger partial charge on any atom is 0.355 e. The summed E-state index contributed by atoms with van der Waals surface area (Å²) in [6, 6.07) is 9.09. The van der Waals surface area contributed by atoms with Crippen LogP contribution in [0, 0.1) is 0 Å². The van der Waals surface area contributed by atoms with Crippen molar-refractivity contribution in [3.8, 4) is 0 Å². The second-order valence-electron chi connectivity index (χ2n) is 5.36. The number of aromatic nitrogens is 1. The molecule has 0 saturated heterocycles. The summed E-state index contributed by atoms with van der Waals surface area (Å²) in [5, 5.41) is 0. The molecule has 2 aromatic rings. The number of carbonyl (C=O) groups is 3. The van der Waals surface area contributed by atoms with Crippen LogP contribution in [0.1, 0.15) is 33.3 Å². The van der Waals surface area contributed by atoms with E-state index in [2.05, 4.69) is 4.98 Å². The summed E-state index contributed by atoms with van der Waals surface area (Å²) in [7, 11) is 0. The van der Waals surface area contributed by atoms with Crippen molar-refractivity contribution in [3.05, 3.63) is 53.3 Å². The third-order valence-electron chi connectivity index (χ3n) is 3.82. The SMILES string of the molecule is CC(=O)c1c[nH]c(C(=O)OCC(=O)N2CCc3ccccc32)c1. The van der Waals surface area contributed by atoms with Crippen LogP contribution in [-0.4, -0.2) is 35.8 Å². The van der Waals surface area contributed by atoms with E-state index < -0.39 is 5.97 Å². The predicted molar refractivity (Wildman–Crippen MR) is 83.6 cm³/mol. The van der Waals surface area contributed by atoms with Gasteiger partial charge in [0.2, 0.25) is 0 Å². The maximum absolute atomic E-state index is 12.2. The lowest BCUT2D eigenvalue weighted by Crippen LogP contribution is -2.33. The molecule has 0 unspecified atom stereocenters. The number of nitrogens with one attached hydrogen (secondary N) is 1. The van der Waals surface area contributed by atoms with Crippen LogP contribution < -0.4 is 4.90 Å². The Hall–Kier alpha value is -2.89. The van der Waals surface area contributed by atoms with E-state index in [9.17, 15) is 14.4 Å². The lowest BCUT2D eigenvalue weighted by molar-refractivity contribution is -0.121. The van der Waals surface area contributed by atoms with Crippen LogP contribution >= 0.6 is 0 Å². The Labute approximate surface area is 133 Å². The van der Waals surface area contributed by atoms with Gasteiger partial charge in [-0.2, -0.15) is 0 Å². The second-order valence-corrected chi connectivity index (χ2v) is 5.36. The molecular weight excluding hydrogens is 296 g/mol. The first-order valence-electron chi connectivity index (χ1n) is 7.31. The van der Waals surface area contributed by atoms with Crippen molar-refractivity contribution in [1.82, 2.24) is 4.98 Å². The summed E-state index contributed by atoms with van der Waals surface area (Å²) < 4.78 is 5.04. The quantitative estimate of drug-likeness (QED) is 0.691. The Balaban J connectivity index is 1.61. The van der Waals surface area contributed by atoms with Gasteiger partial charge in [0.15, 0.2) is 12.4 Å². The van der Waals surface area contributed by atoms with Crippen molar-refractivity contribution in [1.29, 1.82) is 0 Å². The molecule has 0 bridgehead atoms. The van der Waals surface area contributed by atoms with Crippen LogP contribution in [-0.2, 0) is 16.0 Å². The van der Waals surface area contributed by atoms with Gasteiger partial charge < -0.3 is 14.6 Å². The van der Waals surface area contributed by atoms with Gasteiger partial charge in [0, 0.05) is 24.0 Å². The van der Waals surface area contributed by atoms with E-state index in [4.69, 9.17) is 4.74 Å². The minimum Gasteiger partial charge on any atom is -0.451 e. The molecular formula is C17H16N2O4. The first kappa shape index (κ1) is 15.0. The highest BCUT2D eigenvalue weighted by Gasteiger charge is 2.25. The molecule has 118 valence electrons.